The van der Waals surface area contributed by atoms with E-state index in [0.29, 0.717) is 5.56 Å². The SMILES string of the molecule is O=C(O)c1ccc2cc(C=Cc3cc(-c4ccc(F)cc4)ccc3C(=O)O)ccc2c1. The van der Waals surface area contributed by atoms with Crippen molar-refractivity contribution in [2.75, 3.05) is 0 Å². The zero-order chi connectivity index (χ0) is 22.0. The first-order valence-corrected chi connectivity index (χ1v) is 9.49. The maximum absolute atomic E-state index is 13.2. The van der Waals surface area contributed by atoms with Gasteiger partial charge in [0.05, 0.1) is 11.1 Å². The van der Waals surface area contributed by atoms with Crippen LogP contribution in [0.4, 0.5) is 4.39 Å². The second-order valence-corrected chi connectivity index (χ2v) is 7.07. The van der Waals surface area contributed by atoms with Crippen molar-refractivity contribution in [3.8, 4) is 11.1 Å². The molecule has 4 nitrogen and oxygen atoms in total. The summed E-state index contributed by atoms with van der Waals surface area (Å²) in [6, 6.07) is 21.5. The van der Waals surface area contributed by atoms with Crippen molar-refractivity contribution < 1.29 is 24.2 Å². The summed E-state index contributed by atoms with van der Waals surface area (Å²) in [5.74, 6) is -2.35. The van der Waals surface area contributed by atoms with Gasteiger partial charge in [-0.3, -0.25) is 0 Å². The molecule has 5 heteroatoms. The second kappa shape index (κ2) is 8.24. The molecule has 4 aromatic carbocycles. The number of benzene rings is 4. The van der Waals surface area contributed by atoms with Gasteiger partial charge >= 0.3 is 11.9 Å². The third-order valence-corrected chi connectivity index (χ3v) is 5.03. The summed E-state index contributed by atoms with van der Waals surface area (Å²) in [5.41, 5.74) is 3.32. The Morgan fingerprint density at radius 2 is 1.35 bits per heavy atom. The van der Waals surface area contributed by atoms with Crippen molar-refractivity contribution in [3.05, 3.63) is 107 Å². The highest BCUT2D eigenvalue weighted by Crippen LogP contribution is 2.25. The molecule has 4 rings (SSSR count). The molecule has 0 spiro atoms. The molecule has 4 aromatic rings. The lowest BCUT2D eigenvalue weighted by atomic mass is 9.98. The van der Waals surface area contributed by atoms with Gasteiger partial charge in [-0.25, -0.2) is 14.0 Å². The Labute approximate surface area is 177 Å². The van der Waals surface area contributed by atoms with Crippen LogP contribution in [0, 0.1) is 5.82 Å². The monoisotopic (exact) mass is 412 g/mol. The van der Waals surface area contributed by atoms with Crippen LogP contribution >= 0.6 is 0 Å². The lowest BCUT2D eigenvalue weighted by Crippen LogP contribution is -1.99. The van der Waals surface area contributed by atoms with Crippen LogP contribution in [0.2, 0.25) is 0 Å². The molecular weight excluding hydrogens is 395 g/mol. The smallest absolute Gasteiger partial charge is 0.336 e. The Hall–Kier alpha value is -4.25. The third kappa shape index (κ3) is 4.36. The molecule has 0 aliphatic rings. The van der Waals surface area contributed by atoms with Crippen molar-refractivity contribution in [1.82, 2.24) is 0 Å². The molecule has 0 heterocycles. The highest BCUT2D eigenvalue weighted by Gasteiger charge is 2.10. The average Bonchev–Trinajstić information content (AvgIpc) is 2.77. The van der Waals surface area contributed by atoms with Crippen molar-refractivity contribution in [3.63, 3.8) is 0 Å². The molecule has 0 saturated heterocycles. The fourth-order valence-corrected chi connectivity index (χ4v) is 3.40. The number of halogens is 1. The fraction of sp³-hybridized carbons (Fsp3) is 0. The van der Waals surface area contributed by atoms with Gasteiger partial charge < -0.3 is 10.2 Å². The highest BCUT2D eigenvalue weighted by atomic mass is 19.1. The molecule has 0 atom stereocenters. The van der Waals surface area contributed by atoms with E-state index in [1.807, 2.05) is 18.2 Å². The molecule has 0 aromatic heterocycles. The minimum absolute atomic E-state index is 0.161. The number of hydrogen-bond donors (Lipinski definition) is 2. The van der Waals surface area contributed by atoms with Gasteiger partial charge in [-0.2, -0.15) is 0 Å². The highest BCUT2D eigenvalue weighted by molar-refractivity contribution is 5.96. The van der Waals surface area contributed by atoms with E-state index in [2.05, 4.69) is 0 Å². The topological polar surface area (TPSA) is 74.6 Å². The molecule has 2 N–H and O–H groups in total. The van der Waals surface area contributed by atoms with Crippen molar-refractivity contribution in [1.29, 1.82) is 0 Å². The number of rotatable bonds is 5. The first-order chi connectivity index (χ1) is 14.9. The molecule has 152 valence electrons. The first-order valence-electron chi connectivity index (χ1n) is 9.49. The number of carboxylic acids is 2. The van der Waals surface area contributed by atoms with Crippen LogP contribution in [0.5, 0.6) is 0 Å². The van der Waals surface area contributed by atoms with Crippen LogP contribution in [0.15, 0.2) is 78.9 Å². The predicted molar refractivity (Wildman–Crippen MR) is 119 cm³/mol. The zero-order valence-corrected chi connectivity index (χ0v) is 16.2. The van der Waals surface area contributed by atoms with E-state index in [1.165, 1.54) is 18.2 Å². The minimum Gasteiger partial charge on any atom is -0.478 e. The number of carboxylic acid groups (broad SMARTS) is 2. The van der Waals surface area contributed by atoms with Crippen LogP contribution < -0.4 is 0 Å². The Morgan fingerprint density at radius 1 is 0.677 bits per heavy atom. The van der Waals surface area contributed by atoms with E-state index < -0.39 is 11.9 Å². The first kappa shape index (κ1) is 20.0. The summed E-state index contributed by atoms with van der Waals surface area (Å²) in [6.45, 7) is 0. The van der Waals surface area contributed by atoms with E-state index in [1.54, 1.807) is 54.6 Å². The number of aromatic carboxylic acids is 2. The van der Waals surface area contributed by atoms with E-state index in [4.69, 9.17) is 5.11 Å². The molecule has 0 aliphatic heterocycles. The van der Waals surface area contributed by atoms with Crippen molar-refractivity contribution >= 4 is 34.9 Å². The number of hydrogen-bond acceptors (Lipinski definition) is 2. The zero-order valence-electron chi connectivity index (χ0n) is 16.2. The number of fused-ring (bicyclic) bond motifs is 1. The standard InChI is InChI=1S/C26H17FO4/c27-23-10-7-17(8-11-23)19-9-12-24(26(30)31)21(14-19)4-2-16-1-3-20-15-22(25(28)29)6-5-18(20)13-16/h1-15H,(H,28,29)(H,30,31). The van der Waals surface area contributed by atoms with Gasteiger partial charge in [-0.1, -0.05) is 48.6 Å². The molecule has 0 saturated carbocycles. The maximum atomic E-state index is 13.2. The van der Waals surface area contributed by atoms with Gasteiger partial charge in [0.25, 0.3) is 0 Å². The van der Waals surface area contributed by atoms with Gasteiger partial charge in [0.2, 0.25) is 0 Å². The van der Waals surface area contributed by atoms with Gasteiger partial charge in [0.1, 0.15) is 5.82 Å². The van der Waals surface area contributed by atoms with Gasteiger partial charge in [-0.05, 0) is 75.5 Å². The molecule has 0 fully saturated rings. The van der Waals surface area contributed by atoms with Crippen LogP contribution in [-0.4, -0.2) is 22.2 Å². The molecule has 0 unspecified atom stereocenters. The van der Waals surface area contributed by atoms with Gasteiger partial charge in [0, 0.05) is 0 Å². The van der Waals surface area contributed by atoms with E-state index in [9.17, 15) is 19.1 Å². The summed E-state index contributed by atoms with van der Waals surface area (Å²) in [4.78, 5) is 22.8. The lowest BCUT2D eigenvalue weighted by Gasteiger charge is -2.07. The Morgan fingerprint density at radius 3 is 2.06 bits per heavy atom. The third-order valence-electron chi connectivity index (χ3n) is 5.03. The fourth-order valence-electron chi connectivity index (χ4n) is 3.40. The Balaban J connectivity index is 1.70. The lowest BCUT2D eigenvalue weighted by molar-refractivity contribution is 0.0686. The van der Waals surface area contributed by atoms with E-state index in [0.717, 1.165) is 27.5 Å². The van der Waals surface area contributed by atoms with Crippen LogP contribution in [0.25, 0.3) is 34.1 Å². The van der Waals surface area contributed by atoms with Crippen LogP contribution in [-0.2, 0) is 0 Å². The van der Waals surface area contributed by atoms with Crippen molar-refractivity contribution in [2.45, 2.75) is 0 Å². The summed E-state index contributed by atoms with van der Waals surface area (Å²) in [6.07, 6.45) is 3.53. The summed E-state index contributed by atoms with van der Waals surface area (Å²) < 4.78 is 13.2. The quantitative estimate of drug-likeness (QED) is 0.382. The molecule has 0 radical (unpaired) electrons. The van der Waals surface area contributed by atoms with E-state index >= 15 is 0 Å². The Kier molecular flexibility index (Phi) is 5.33. The molecular formula is C26H17FO4. The minimum atomic E-state index is -1.04. The van der Waals surface area contributed by atoms with E-state index in [-0.39, 0.29) is 16.9 Å². The second-order valence-electron chi connectivity index (χ2n) is 7.07. The predicted octanol–water partition coefficient (Wildman–Crippen LogP) is 6.21. The van der Waals surface area contributed by atoms with Crippen LogP contribution in [0.3, 0.4) is 0 Å². The Bertz CT molecular complexity index is 1340. The molecule has 31 heavy (non-hydrogen) atoms. The number of carbonyl (C=O) groups is 2. The van der Waals surface area contributed by atoms with Crippen LogP contribution in [0.1, 0.15) is 31.8 Å². The van der Waals surface area contributed by atoms with Gasteiger partial charge in [0.15, 0.2) is 0 Å². The molecule has 0 amide bonds. The maximum Gasteiger partial charge on any atom is 0.336 e. The molecule has 0 aliphatic carbocycles. The van der Waals surface area contributed by atoms with Crippen molar-refractivity contribution in [2.24, 2.45) is 0 Å². The largest absolute Gasteiger partial charge is 0.478 e. The molecule has 0 bridgehead atoms. The summed E-state index contributed by atoms with van der Waals surface area (Å²) >= 11 is 0. The average molecular weight is 412 g/mol. The van der Waals surface area contributed by atoms with Gasteiger partial charge in [-0.15, -0.1) is 0 Å². The summed E-state index contributed by atoms with van der Waals surface area (Å²) in [7, 11) is 0. The normalized spacial score (nSPS) is 11.1. The summed E-state index contributed by atoms with van der Waals surface area (Å²) in [5, 5.41) is 20.3.